The van der Waals surface area contributed by atoms with Crippen LogP contribution in [0.4, 0.5) is 5.82 Å². The number of rotatable bonds is 4. The van der Waals surface area contributed by atoms with Gasteiger partial charge in [0.15, 0.2) is 5.82 Å². The molecule has 5 N–H and O–H groups in total. The van der Waals surface area contributed by atoms with Crippen molar-refractivity contribution in [2.45, 2.75) is 56.5 Å². The van der Waals surface area contributed by atoms with Crippen LogP contribution in [-0.2, 0) is 4.74 Å². The zero-order valence-corrected chi connectivity index (χ0v) is 15.1. The number of aromatic nitrogens is 3. The third kappa shape index (κ3) is 3.34. The van der Waals surface area contributed by atoms with E-state index in [4.69, 9.17) is 10.5 Å². The highest BCUT2D eigenvalue weighted by Crippen LogP contribution is 2.36. The smallest absolute Gasteiger partial charge is 0.151 e. The van der Waals surface area contributed by atoms with Crippen molar-refractivity contribution < 1.29 is 20.1 Å². The highest BCUT2D eigenvalue weighted by atomic mass is 16.6. The number of anilines is 1. The zero-order chi connectivity index (χ0) is 19.0. The van der Waals surface area contributed by atoms with Crippen LogP contribution in [0.1, 0.15) is 49.5 Å². The van der Waals surface area contributed by atoms with Crippen LogP contribution in [0.15, 0.2) is 18.5 Å². The van der Waals surface area contributed by atoms with E-state index in [-0.39, 0.29) is 6.61 Å². The van der Waals surface area contributed by atoms with Crippen LogP contribution in [0.3, 0.4) is 0 Å². The number of allylic oxidation sites excluding steroid dienone is 1. The van der Waals surface area contributed by atoms with Gasteiger partial charge in [0.05, 0.1) is 12.3 Å². The van der Waals surface area contributed by atoms with Crippen molar-refractivity contribution in [3.8, 4) is 0 Å². The maximum Gasteiger partial charge on any atom is 0.151 e. The van der Waals surface area contributed by atoms with Crippen molar-refractivity contribution in [2.75, 3.05) is 12.3 Å². The predicted molar refractivity (Wildman–Crippen MR) is 99.7 cm³/mol. The Morgan fingerprint density at radius 3 is 2.70 bits per heavy atom. The summed E-state index contributed by atoms with van der Waals surface area (Å²) in [7, 11) is 0. The number of nitrogen functional groups attached to an aromatic ring is 1. The predicted octanol–water partition coefficient (Wildman–Crippen LogP) is 1.06. The van der Waals surface area contributed by atoms with E-state index in [1.54, 1.807) is 4.52 Å². The van der Waals surface area contributed by atoms with E-state index in [2.05, 4.69) is 16.2 Å². The van der Waals surface area contributed by atoms with Gasteiger partial charge in [-0.2, -0.15) is 5.10 Å². The molecule has 1 saturated heterocycles. The summed E-state index contributed by atoms with van der Waals surface area (Å²) in [6.07, 6.45) is 7.82. The number of nitrogens with two attached hydrogens (primary N) is 1. The van der Waals surface area contributed by atoms with Crippen LogP contribution in [0, 0.1) is 5.92 Å². The summed E-state index contributed by atoms with van der Waals surface area (Å²) in [6, 6.07) is 1.86. The van der Waals surface area contributed by atoms with Crippen LogP contribution >= 0.6 is 0 Å². The molecule has 2 aromatic rings. The zero-order valence-electron chi connectivity index (χ0n) is 15.1. The van der Waals surface area contributed by atoms with Crippen molar-refractivity contribution >= 4 is 17.4 Å². The lowest BCUT2D eigenvalue weighted by atomic mass is 9.89. The van der Waals surface area contributed by atoms with Crippen molar-refractivity contribution in [1.82, 2.24) is 14.6 Å². The number of nitrogens with zero attached hydrogens (tertiary/aromatic N) is 3. The average molecular weight is 374 g/mol. The van der Waals surface area contributed by atoms with Gasteiger partial charge in [-0.05, 0) is 24.8 Å². The molecule has 2 aliphatic rings. The van der Waals surface area contributed by atoms with E-state index in [9.17, 15) is 15.3 Å². The van der Waals surface area contributed by atoms with Gasteiger partial charge in [0.2, 0.25) is 0 Å². The number of fused-ring (bicyclic) bond motifs is 1. The number of aliphatic hydroxyl groups is 3. The van der Waals surface area contributed by atoms with Gasteiger partial charge in [0, 0.05) is 5.56 Å². The fourth-order valence-electron chi connectivity index (χ4n) is 4.16. The summed E-state index contributed by atoms with van der Waals surface area (Å²) in [5.41, 5.74) is 8.17. The molecule has 27 heavy (non-hydrogen) atoms. The van der Waals surface area contributed by atoms with Gasteiger partial charge in [-0.1, -0.05) is 31.4 Å². The second-order valence-corrected chi connectivity index (χ2v) is 7.45. The van der Waals surface area contributed by atoms with E-state index in [1.165, 1.54) is 38.4 Å². The molecule has 1 aliphatic carbocycles. The Balaban J connectivity index is 1.72. The van der Waals surface area contributed by atoms with Gasteiger partial charge in [-0.25, -0.2) is 9.50 Å². The first-order chi connectivity index (χ1) is 13.1. The topological polar surface area (TPSA) is 126 Å². The minimum Gasteiger partial charge on any atom is -0.394 e. The molecule has 146 valence electrons. The van der Waals surface area contributed by atoms with E-state index >= 15 is 0 Å². The molecule has 0 spiro atoms. The quantitative estimate of drug-likeness (QED) is 0.630. The summed E-state index contributed by atoms with van der Waals surface area (Å²) in [6.45, 7) is -0.371. The summed E-state index contributed by atoms with van der Waals surface area (Å²) in [5, 5.41) is 34.1. The molecule has 1 aliphatic heterocycles. The Hall–Kier alpha value is -2.00. The Morgan fingerprint density at radius 1 is 1.22 bits per heavy atom. The summed E-state index contributed by atoms with van der Waals surface area (Å²) in [4.78, 5) is 4.09. The Kier molecular flexibility index (Phi) is 5.14. The van der Waals surface area contributed by atoms with Crippen LogP contribution in [-0.4, -0.2) is 54.8 Å². The SMILES string of the molecule is Nc1ncnn2c([C@@H]3O[C@H](CO)[C@@H](O)[C@H]3O)cc(/C=C/C3CCCCC3)c12. The van der Waals surface area contributed by atoms with Crippen molar-refractivity contribution in [1.29, 1.82) is 0 Å². The highest BCUT2D eigenvalue weighted by Gasteiger charge is 2.44. The third-order valence-corrected chi connectivity index (χ3v) is 5.67. The summed E-state index contributed by atoms with van der Waals surface area (Å²) < 4.78 is 7.28. The molecule has 0 aromatic carbocycles. The second-order valence-electron chi connectivity index (χ2n) is 7.45. The molecule has 2 aromatic heterocycles. The highest BCUT2D eigenvalue weighted by molar-refractivity contribution is 5.79. The first-order valence-electron chi connectivity index (χ1n) is 9.53. The monoisotopic (exact) mass is 374 g/mol. The van der Waals surface area contributed by atoms with E-state index < -0.39 is 24.4 Å². The number of ether oxygens (including phenoxy) is 1. The number of hydrogen-bond acceptors (Lipinski definition) is 7. The minimum absolute atomic E-state index is 0.339. The maximum atomic E-state index is 10.4. The van der Waals surface area contributed by atoms with Crippen LogP contribution in [0.2, 0.25) is 0 Å². The van der Waals surface area contributed by atoms with Gasteiger partial charge < -0.3 is 25.8 Å². The Bertz CT molecular complexity index is 830. The lowest BCUT2D eigenvalue weighted by Gasteiger charge is -2.17. The number of hydrogen-bond donors (Lipinski definition) is 4. The van der Waals surface area contributed by atoms with Crippen molar-refractivity contribution in [3.63, 3.8) is 0 Å². The van der Waals surface area contributed by atoms with Gasteiger partial charge in [-0.3, -0.25) is 0 Å². The van der Waals surface area contributed by atoms with E-state index in [0.717, 1.165) is 5.56 Å². The normalized spacial score (nSPS) is 29.9. The van der Waals surface area contributed by atoms with Gasteiger partial charge >= 0.3 is 0 Å². The van der Waals surface area contributed by atoms with E-state index in [0.29, 0.717) is 22.9 Å². The largest absolute Gasteiger partial charge is 0.394 e. The van der Waals surface area contributed by atoms with Crippen molar-refractivity contribution in [2.24, 2.45) is 5.92 Å². The average Bonchev–Trinajstić information content (AvgIpc) is 3.20. The molecule has 0 amide bonds. The maximum absolute atomic E-state index is 10.4. The fourth-order valence-corrected chi connectivity index (χ4v) is 4.16. The first kappa shape index (κ1) is 18.4. The summed E-state index contributed by atoms with van der Waals surface area (Å²) in [5.74, 6) is 0.892. The minimum atomic E-state index is -1.16. The number of aliphatic hydroxyl groups excluding tert-OH is 3. The molecule has 0 unspecified atom stereocenters. The summed E-state index contributed by atoms with van der Waals surface area (Å²) >= 11 is 0. The van der Waals surface area contributed by atoms with Crippen LogP contribution in [0.5, 0.6) is 0 Å². The molecule has 4 rings (SSSR count). The lowest BCUT2D eigenvalue weighted by molar-refractivity contribution is -0.0244. The van der Waals surface area contributed by atoms with Crippen LogP contribution < -0.4 is 5.73 Å². The molecule has 3 heterocycles. The Labute approximate surface area is 157 Å². The molecule has 8 heteroatoms. The van der Waals surface area contributed by atoms with Gasteiger partial charge in [0.1, 0.15) is 36.3 Å². The van der Waals surface area contributed by atoms with E-state index in [1.807, 2.05) is 12.1 Å². The molecular weight excluding hydrogens is 348 g/mol. The molecular formula is C19H26N4O4. The van der Waals surface area contributed by atoms with Crippen LogP contribution in [0.25, 0.3) is 11.6 Å². The third-order valence-electron chi connectivity index (χ3n) is 5.67. The second kappa shape index (κ2) is 7.55. The Morgan fingerprint density at radius 2 is 2.00 bits per heavy atom. The molecule has 2 fully saturated rings. The van der Waals surface area contributed by atoms with Gasteiger partial charge in [0.25, 0.3) is 0 Å². The molecule has 0 radical (unpaired) electrons. The molecule has 4 atom stereocenters. The lowest BCUT2D eigenvalue weighted by Crippen LogP contribution is -2.32. The van der Waals surface area contributed by atoms with Crippen molar-refractivity contribution in [3.05, 3.63) is 29.7 Å². The molecule has 8 nitrogen and oxygen atoms in total. The first-order valence-corrected chi connectivity index (χ1v) is 9.53. The molecule has 1 saturated carbocycles. The standard InChI is InChI=1S/C19H26N4O4/c20-19-15-12(7-6-11-4-2-1-3-5-11)8-13(23(15)22-10-21-19)18-17(26)16(25)14(9-24)27-18/h6-8,10-11,14,16-18,24-26H,1-5,9H2,(H2,20,21,22)/b7-6+/t14-,16-,17-,18+/m1/s1. The fraction of sp³-hybridized carbons (Fsp3) is 0.579. The molecule has 0 bridgehead atoms. The van der Waals surface area contributed by atoms with Gasteiger partial charge in [-0.15, -0.1) is 0 Å².